The Morgan fingerprint density at radius 1 is 1.14 bits per heavy atom. The number of carbonyl (C=O) groups is 2. The van der Waals surface area contributed by atoms with Gasteiger partial charge in [0.25, 0.3) is 0 Å². The van der Waals surface area contributed by atoms with Gasteiger partial charge in [-0.2, -0.15) is 0 Å². The highest BCUT2D eigenvalue weighted by atomic mass is 16.5. The molecule has 5 nitrogen and oxygen atoms in total. The Morgan fingerprint density at radius 2 is 1.81 bits per heavy atom. The molecule has 1 aliphatic rings. The molecule has 0 radical (unpaired) electrons. The van der Waals surface area contributed by atoms with Gasteiger partial charge in [-0.05, 0) is 50.5 Å². The molecule has 114 valence electrons. The Balaban J connectivity index is 1.96. The SMILES string of the molecule is CCCNC(=O)C1(C(=O)Nc2ccc(OCC)cc2)CC1. The van der Waals surface area contributed by atoms with Crippen molar-refractivity contribution in [1.29, 1.82) is 0 Å². The van der Waals surface area contributed by atoms with Crippen molar-refractivity contribution in [1.82, 2.24) is 5.32 Å². The van der Waals surface area contributed by atoms with E-state index in [1.54, 1.807) is 24.3 Å². The van der Waals surface area contributed by atoms with Crippen LogP contribution in [0.1, 0.15) is 33.1 Å². The van der Waals surface area contributed by atoms with Crippen molar-refractivity contribution in [3.8, 4) is 5.75 Å². The second kappa shape index (κ2) is 6.61. The molecular formula is C16H22N2O3. The van der Waals surface area contributed by atoms with Crippen molar-refractivity contribution in [2.45, 2.75) is 33.1 Å². The molecule has 2 N–H and O–H groups in total. The van der Waals surface area contributed by atoms with Crippen molar-refractivity contribution in [3.63, 3.8) is 0 Å². The number of benzene rings is 1. The molecule has 2 amide bonds. The van der Waals surface area contributed by atoms with Gasteiger partial charge in [-0.25, -0.2) is 0 Å². The molecule has 21 heavy (non-hydrogen) atoms. The van der Waals surface area contributed by atoms with Crippen LogP contribution in [0, 0.1) is 5.41 Å². The van der Waals surface area contributed by atoms with Gasteiger partial charge in [0, 0.05) is 12.2 Å². The van der Waals surface area contributed by atoms with E-state index in [1.165, 1.54) is 0 Å². The summed E-state index contributed by atoms with van der Waals surface area (Å²) in [6.07, 6.45) is 2.10. The average Bonchev–Trinajstić information content (AvgIpc) is 3.29. The molecule has 1 aromatic rings. The van der Waals surface area contributed by atoms with E-state index in [2.05, 4.69) is 10.6 Å². The number of carbonyl (C=O) groups excluding carboxylic acids is 2. The molecule has 0 unspecified atom stereocenters. The Morgan fingerprint density at radius 3 is 2.33 bits per heavy atom. The minimum Gasteiger partial charge on any atom is -0.494 e. The van der Waals surface area contributed by atoms with Gasteiger partial charge in [-0.3, -0.25) is 9.59 Å². The van der Waals surface area contributed by atoms with Crippen molar-refractivity contribution in [2.24, 2.45) is 5.41 Å². The van der Waals surface area contributed by atoms with Crippen LogP contribution in [-0.2, 0) is 9.59 Å². The summed E-state index contributed by atoms with van der Waals surface area (Å²) in [6, 6.07) is 7.16. The van der Waals surface area contributed by atoms with Crippen LogP contribution < -0.4 is 15.4 Å². The lowest BCUT2D eigenvalue weighted by molar-refractivity contribution is -0.134. The highest BCUT2D eigenvalue weighted by Crippen LogP contribution is 2.46. The zero-order chi connectivity index (χ0) is 15.3. The first-order chi connectivity index (χ1) is 10.1. The van der Waals surface area contributed by atoms with Crippen molar-refractivity contribution >= 4 is 17.5 Å². The van der Waals surface area contributed by atoms with Crippen molar-refractivity contribution in [3.05, 3.63) is 24.3 Å². The lowest BCUT2D eigenvalue weighted by Crippen LogP contribution is -2.40. The molecule has 0 saturated heterocycles. The first-order valence-electron chi connectivity index (χ1n) is 7.45. The maximum absolute atomic E-state index is 12.3. The number of anilines is 1. The number of hydrogen-bond donors (Lipinski definition) is 2. The highest BCUT2D eigenvalue weighted by Gasteiger charge is 2.56. The molecule has 0 bridgehead atoms. The normalized spacial score (nSPS) is 15.1. The van der Waals surface area contributed by atoms with Crippen LogP contribution in [0.2, 0.25) is 0 Å². The van der Waals surface area contributed by atoms with Gasteiger partial charge in [-0.1, -0.05) is 6.92 Å². The highest BCUT2D eigenvalue weighted by molar-refractivity contribution is 6.13. The molecule has 1 saturated carbocycles. The Bertz CT molecular complexity index is 507. The van der Waals surface area contributed by atoms with Gasteiger partial charge in [0.1, 0.15) is 11.2 Å². The molecule has 1 aliphatic carbocycles. The fourth-order valence-corrected chi connectivity index (χ4v) is 2.14. The number of rotatable bonds is 7. The fraction of sp³-hybridized carbons (Fsp3) is 0.500. The Kier molecular flexibility index (Phi) is 4.83. The smallest absolute Gasteiger partial charge is 0.240 e. The standard InChI is InChI=1S/C16H22N2O3/c1-3-11-17-14(19)16(9-10-16)15(20)18-12-5-7-13(8-6-12)21-4-2/h5-8H,3-4,9-11H2,1-2H3,(H,17,19)(H,18,20). The summed E-state index contributed by atoms with van der Waals surface area (Å²) in [4.78, 5) is 24.4. The minimum absolute atomic E-state index is 0.159. The van der Waals surface area contributed by atoms with E-state index in [1.807, 2.05) is 13.8 Å². The van der Waals surface area contributed by atoms with Crippen LogP contribution >= 0.6 is 0 Å². The minimum atomic E-state index is -0.867. The quantitative estimate of drug-likeness (QED) is 0.757. The predicted octanol–water partition coefficient (Wildman–Crippen LogP) is 2.33. The molecule has 0 heterocycles. The van der Waals surface area contributed by atoms with E-state index in [0.717, 1.165) is 12.2 Å². The van der Waals surface area contributed by atoms with E-state index in [0.29, 0.717) is 31.7 Å². The third-order valence-corrected chi connectivity index (χ3v) is 3.58. The number of nitrogens with one attached hydrogen (secondary N) is 2. The van der Waals surface area contributed by atoms with E-state index < -0.39 is 5.41 Å². The van der Waals surface area contributed by atoms with E-state index >= 15 is 0 Å². The third kappa shape index (κ3) is 3.54. The first-order valence-corrected chi connectivity index (χ1v) is 7.45. The fourth-order valence-electron chi connectivity index (χ4n) is 2.14. The van der Waals surface area contributed by atoms with Gasteiger partial charge in [-0.15, -0.1) is 0 Å². The van der Waals surface area contributed by atoms with Crippen LogP contribution in [0.4, 0.5) is 5.69 Å². The summed E-state index contributed by atoms with van der Waals surface area (Å²) in [5, 5.41) is 5.62. The van der Waals surface area contributed by atoms with Gasteiger partial charge >= 0.3 is 0 Å². The van der Waals surface area contributed by atoms with E-state index in [4.69, 9.17) is 4.74 Å². The number of ether oxygens (including phenoxy) is 1. The van der Waals surface area contributed by atoms with E-state index in [9.17, 15) is 9.59 Å². The third-order valence-electron chi connectivity index (χ3n) is 3.58. The van der Waals surface area contributed by atoms with Crippen LogP contribution in [0.25, 0.3) is 0 Å². The maximum atomic E-state index is 12.3. The largest absolute Gasteiger partial charge is 0.494 e. The molecular weight excluding hydrogens is 268 g/mol. The first kappa shape index (κ1) is 15.4. The Hall–Kier alpha value is -2.04. The maximum Gasteiger partial charge on any atom is 0.240 e. The zero-order valence-corrected chi connectivity index (χ0v) is 12.6. The molecule has 1 fully saturated rings. The lowest BCUT2D eigenvalue weighted by atomic mass is 10.0. The molecule has 0 aliphatic heterocycles. The molecule has 1 aromatic carbocycles. The summed E-state index contributed by atoms with van der Waals surface area (Å²) in [7, 11) is 0. The predicted molar refractivity (Wildman–Crippen MR) is 81.2 cm³/mol. The van der Waals surface area contributed by atoms with Crippen LogP contribution in [0.5, 0.6) is 5.75 Å². The zero-order valence-electron chi connectivity index (χ0n) is 12.6. The molecule has 0 spiro atoms. The van der Waals surface area contributed by atoms with Gasteiger partial charge in [0.05, 0.1) is 6.61 Å². The molecule has 0 atom stereocenters. The van der Waals surface area contributed by atoms with Gasteiger partial charge < -0.3 is 15.4 Å². The average molecular weight is 290 g/mol. The number of amides is 2. The lowest BCUT2D eigenvalue weighted by Gasteiger charge is -2.15. The van der Waals surface area contributed by atoms with Crippen molar-refractivity contribution < 1.29 is 14.3 Å². The van der Waals surface area contributed by atoms with E-state index in [-0.39, 0.29) is 11.8 Å². The molecule has 5 heteroatoms. The van der Waals surface area contributed by atoms with Crippen LogP contribution in [-0.4, -0.2) is 25.0 Å². The van der Waals surface area contributed by atoms with Gasteiger partial charge in [0.15, 0.2) is 0 Å². The molecule has 2 rings (SSSR count). The van der Waals surface area contributed by atoms with Crippen molar-refractivity contribution in [2.75, 3.05) is 18.5 Å². The van der Waals surface area contributed by atoms with Crippen LogP contribution in [0.15, 0.2) is 24.3 Å². The number of hydrogen-bond acceptors (Lipinski definition) is 3. The topological polar surface area (TPSA) is 67.4 Å². The second-order valence-corrected chi connectivity index (χ2v) is 5.25. The summed E-state index contributed by atoms with van der Waals surface area (Å²) in [6.45, 7) is 5.12. The van der Waals surface area contributed by atoms with Gasteiger partial charge in [0.2, 0.25) is 11.8 Å². The Labute approximate surface area is 125 Å². The summed E-state index contributed by atoms with van der Waals surface area (Å²) in [5.41, 5.74) is -0.189. The monoisotopic (exact) mass is 290 g/mol. The second-order valence-electron chi connectivity index (χ2n) is 5.25. The molecule has 0 aromatic heterocycles. The van der Waals surface area contributed by atoms with Crippen LogP contribution in [0.3, 0.4) is 0 Å². The summed E-state index contributed by atoms with van der Waals surface area (Å²) >= 11 is 0. The summed E-state index contributed by atoms with van der Waals surface area (Å²) in [5.74, 6) is 0.380. The summed E-state index contributed by atoms with van der Waals surface area (Å²) < 4.78 is 5.35.